The van der Waals surface area contributed by atoms with E-state index < -0.39 is 26.7 Å². The van der Waals surface area contributed by atoms with Gasteiger partial charge in [0.15, 0.2) is 11.6 Å². The smallest absolute Gasteiger partial charge is 0.319 e. The third kappa shape index (κ3) is 3.96. The summed E-state index contributed by atoms with van der Waals surface area (Å²) in [5, 5.41) is 12.4. The number of sulfone groups is 1. The number of hydrogen-bond donors (Lipinski definition) is 1. The van der Waals surface area contributed by atoms with Crippen LogP contribution in [0.2, 0.25) is 0 Å². The number of carboxylic acid groups (broad SMARTS) is 1. The van der Waals surface area contributed by atoms with Crippen LogP contribution in [0.25, 0.3) is 17.1 Å². The summed E-state index contributed by atoms with van der Waals surface area (Å²) in [6.07, 6.45) is 0. The van der Waals surface area contributed by atoms with E-state index in [0.717, 1.165) is 0 Å². The van der Waals surface area contributed by atoms with E-state index in [4.69, 9.17) is 14.6 Å². The summed E-state index contributed by atoms with van der Waals surface area (Å²) in [5.41, 5.74) is 1.12. The maximum Gasteiger partial charge on any atom is 0.319 e. The highest BCUT2D eigenvalue weighted by Gasteiger charge is 2.26. The number of aliphatic carboxylic acids is 1. The highest BCUT2D eigenvalue weighted by molar-refractivity contribution is 7.91. The molecular formula is C18H17N3O6S. The normalized spacial score (nSPS) is 11.2. The summed E-state index contributed by atoms with van der Waals surface area (Å²) >= 11 is 0. The van der Waals surface area contributed by atoms with Crippen molar-refractivity contribution in [3.05, 3.63) is 48.5 Å². The molecule has 0 atom stereocenters. The third-order valence-electron chi connectivity index (χ3n) is 3.84. The van der Waals surface area contributed by atoms with E-state index in [0.29, 0.717) is 22.7 Å². The largest absolute Gasteiger partial charge is 0.497 e. The molecule has 0 aliphatic carbocycles. The summed E-state index contributed by atoms with van der Waals surface area (Å²) in [4.78, 5) is 15.0. The van der Waals surface area contributed by atoms with Gasteiger partial charge in [-0.1, -0.05) is 0 Å². The van der Waals surface area contributed by atoms with E-state index in [1.165, 1.54) is 18.9 Å². The molecule has 10 heteroatoms. The Bertz CT molecular complexity index is 1020. The predicted molar refractivity (Wildman–Crippen MR) is 99.6 cm³/mol. The first-order valence-corrected chi connectivity index (χ1v) is 9.70. The van der Waals surface area contributed by atoms with Gasteiger partial charge in [-0.05, 0) is 48.5 Å². The van der Waals surface area contributed by atoms with Crippen LogP contribution in [-0.2, 0) is 14.6 Å². The first-order chi connectivity index (χ1) is 13.3. The van der Waals surface area contributed by atoms with Crippen molar-refractivity contribution in [3.63, 3.8) is 0 Å². The fraction of sp³-hybridized carbons (Fsp3) is 0.167. The van der Waals surface area contributed by atoms with Gasteiger partial charge in [-0.3, -0.25) is 4.79 Å². The molecule has 0 amide bonds. The molecular weight excluding hydrogens is 386 g/mol. The van der Waals surface area contributed by atoms with Crippen molar-refractivity contribution < 1.29 is 27.8 Å². The number of aromatic nitrogens is 3. The molecule has 0 saturated heterocycles. The molecule has 2 aromatic carbocycles. The Hall–Kier alpha value is -3.40. The average molecular weight is 403 g/mol. The van der Waals surface area contributed by atoms with Crippen LogP contribution in [0.5, 0.6) is 11.5 Å². The van der Waals surface area contributed by atoms with Gasteiger partial charge in [0.1, 0.15) is 11.5 Å². The van der Waals surface area contributed by atoms with Gasteiger partial charge in [-0.15, -0.1) is 5.10 Å². The molecule has 1 N–H and O–H groups in total. The minimum atomic E-state index is -4.19. The zero-order chi connectivity index (χ0) is 20.3. The summed E-state index contributed by atoms with van der Waals surface area (Å²) in [6, 6.07) is 13.6. The SMILES string of the molecule is COc1ccc(-c2nc(S(=O)(=O)CC(=O)O)nn2-c2ccc(OC)cc2)cc1. The average Bonchev–Trinajstić information content (AvgIpc) is 3.13. The van der Waals surface area contributed by atoms with Crippen molar-refractivity contribution in [1.82, 2.24) is 14.8 Å². The van der Waals surface area contributed by atoms with Crippen LogP contribution in [-0.4, -0.2) is 54.2 Å². The van der Waals surface area contributed by atoms with Gasteiger partial charge in [-0.2, -0.15) is 4.98 Å². The van der Waals surface area contributed by atoms with Crippen LogP contribution in [0, 0.1) is 0 Å². The van der Waals surface area contributed by atoms with E-state index in [-0.39, 0.29) is 5.82 Å². The second kappa shape index (κ2) is 7.69. The van der Waals surface area contributed by atoms with E-state index in [2.05, 4.69) is 10.1 Å². The van der Waals surface area contributed by atoms with Crippen molar-refractivity contribution in [2.75, 3.05) is 20.0 Å². The van der Waals surface area contributed by atoms with Crippen molar-refractivity contribution in [1.29, 1.82) is 0 Å². The van der Waals surface area contributed by atoms with E-state index in [1.54, 1.807) is 48.5 Å². The Kier molecular flexibility index (Phi) is 5.32. The van der Waals surface area contributed by atoms with Crippen molar-refractivity contribution in [3.8, 4) is 28.6 Å². The molecule has 0 radical (unpaired) electrons. The summed E-state index contributed by atoms with van der Waals surface area (Å²) < 4.78 is 36.2. The lowest BCUT2D eigenvalue weighted by atomic mass is 10.2. The van der Waals surface area contributed by atoms with Crippen molar-refractivity contribution in [2.45, 2.75) is 5.16 Å². The fourth-order valence-electron chi connectivity index (χ4n) is 2.48. The Morgan fingerprint density at radius 1 is 1.00 bits per heavy atom. The number of carboxylic acids is 1. The Balaban J connectivity index is 2.15. The van der Waals surface area contributed by atoms with E-state index in [9.17, 15) is 13.2 Å². The Morgan fingerprint density at radius 3 is 2.04 bits per heavy atom. The molecule has 9 nitrogen and oxygen atoms in total. The maximum absolute atomic E-state index is 12.3. The summed E-state index contributed by atoms with van der Waals surface area (Å²) in [7, 11) is -1.13. The lowest BCUT2D eigenvalue weighted by Crippen LogP contribution is -2.16. The maximum atomic E-state index is 12.3. The Labute approximate surface area is 161 Å². The van der Waals surface area contributed by atoms with Gasteiger partial charge in [-0.25, -0.2) is 13.1 Å². The van der Waals surface area contributed by atoms with Crippen molar-refractivity contribution in [2.24, 2.45) is 0 Å². The lowest BCUT2D eigenvalue weighted by molar-refractivity contribution is -0.134. The molecule has 1 heterocycles. The van der Waals surface area contributed by atoms with Gasteiger partial charge < -0.3 is 14.6 Å². The number of ether oxygens (including phenoxy) is 2. The van der Waals surface area contributed by atoms with Crippen LogP contribution >= 0.6 is 0 Å². The third-order valence-corrected chi connectivity index (χ3v) is 5.20. The molecule has 0 saturated carbocycles. The van der Waals surface area contributed by atoms with E-state index >= 15 is 0 Å². The quantitative estimate of drug-likeness (QED) is 0.634. The molecule has 0 aliphatic rings. The number of benzene rings is 2. The molecule has 146 valence electrons. The molecule has 0 fully saturated rings. The predicted octanol–water partition coefficient (Wildman–Crippen LogP) is 1.81. The van der Waals surface area contributed by atoms with Gasteiger partial charge in [0.2, 0.25) is 9.84 Å². The number of methoxy groups -OCH3 is 2. The van der Waals surface area contributed by atoms with Crippen LogP contribution in [0.1, 0.15) is 0 Å². The molecule has 3 rings (SSSR count). The minimum absolute atomic E-state index is 0.247. The number of nitrogens with zero attached hydrogens (tertiary/aromatic N) is 3. The second-order valence-electron chi connectivity index (χ2n) is 5.71. The minimum Gasteiger partial charge on any atom is -0.497 e. The molecule has 0 aliphatic heterocycles. The number of rotatable bonds is 7. The zero-order valence-electron chi connectivity index (χ0n) is 15.1. The first-order valence-electron chi connectivity index (χ1n) is 8.04. The highest BCUT2D eigenvalue weighted by Crippen LogP contribution is 2.26. The van der Waals surface area contributed by atoms with Crippen LogP contribution < -0.4 is 9.47 Å². The lowest BCUT2D eigenvalue weighted by Gasteiger charge is -2.07. The summed E-state index contributed by atoms with van der Waals surface area (Å²) in [6.45, 7) is 0. The van der Waals surface area contributed by atoms with Gasteiger partial charge in [0.05, 0.1) is 19.9 Å². The number of carbonyl (C=O) groups is 1. The molecule has 0 bridgehead atoms. The van der Waals surface area contributed by atoms with E-state index in [1.807, 2.05) is 0 Å². The molecule has 1 aromatic heterocycles. The van der Waals surface area contributed by atoms with Gasteiger partial charge in [0.25, 0.3) is 5.16 Å². The molecule has 0 unspecified atom stereocenters. The second-order valence-corrected chi connectivity index (χ2v) is 7.59. The standard InChI is InChI=1S/C18H17N3O6S/c1-26-14-7-3-12(4-8-14)17-19-18(28(24,25)11-16(22)23)20-21(17)13-5-9-15(27-2)10-6-13/h3-10H,11H2,1-2H3,(H,22,23). The fourth-order valence-corrected chi connectivity index (χ4v) is 3.37. The molecule has 28 heavy (non-hydrogen) atoms. The monoisotopic (exact) mass is 403 g/mol. The number of hydrogen-bond acceptors (Lipinski definition) is 7. The van der Waals surface area contributed by atoms with Crippen LogP contribution in [0.15, 0.2) is 53.7 Å². The first kappa shape index (κ1) is 19.4. The summed E-state index contributed by atoms with van der Waals surface area (Å²) in [5.74, 6) is -1.09. The highest BCUT2D eigenvalue weighted by atomic mass is 32.2. The van der Waals surface area contributed by atoms with Crippen LogP contribution in [0.4, 0.5) is 0 Å². The zero-order valence-corrected chi connectivity index (χ0v) is 15.9. The van der Waals surface area contributed by atoms with Crippen molar-refractivity contribution >= 4 is 15.8 Å². The molecule has 0 spiro atoms. The van der Waals surface area contributed by atoms with Crippen LogP contribution in [0.3, 0.4) is 0 Å². The Morgan fingerprint density at radius 2 is 1.54 bits per heavy atom. The van der Waals surface area contributed by atoms with Gasteiger partial charge in [0, 0.05) is 5.56 Å². The topological polar surface area (TPSA) is 121 Å². The molecule has 3 aromatic rings. The van der Waals surface area contributed by atoms with Gasteiger partial charge >= 0.3 is 5.97 Å².